The number of thioether (sulfide) groups is 1. The fourth-order valence-electron chi connectivity index (χ4n) is 5.79. The maximum atomic E-state index is 12.3. The second kappa shape index (κ2) is 12.7. The molecule has 3 fully saturated rings. The molecule has 11 heteroatoms. The Balaban J connectivity index is 1.16. The zero-order chi connectivity index (χ0) is 27.2. The lowest BCUT2D eigenvalue weighted by molar-refractivity contribution is -0.121. The molecule has 10 nitrogen and oxygen atoms in total. The van der Waals surface area contributed by atoms with Gasteiger partial charge in [0, 0.05) is 30.3 Å². The molecule has 7 N–H and O–H groups in total. The molecule has 0 aliphatic carbocycles. The predicted octanol–water partition coefficient (Wildman–Crippen LogP) is 3.32. The van der Waals surface area contributed by atoms with Gasteiger partial charge in [-0.2, -0.15) is 0 Å². The van der Waals surface area contributed by atoms with Crippen molar-refractivity contribution >= 4 is 41.3 Å². The van der Waals surface area contributed by atoms with E-state index in [-0.39, 0.29) is 47.4 Å². The normalized spacial score (nSPS) is 26.3. The first-order valence-corrected chi connectivity index (χ1v) is 14.8. The number of piperidine rings is 1. The van der Waals surface area contributed by atoms with Crippen LogP contribution in [0.5, 0.6) is 0 Å². The van der Waals surface area contributed by atoms with Crippen molar-refractivity contribution in [3.05, 3.63) is 29.8 Å². The topological polar surface area (TPSA) is 150 Å². The van der Waals surface area contributed by atoms with Crippen LogP contribution in [0.4, 0.5) is 10.5 Å². The molecule has 3 amide bonds. The molecule has 5 atom stereocenters. The maximum Gasteiger partial charge on any atom is 0.316 e. The quantitative estimate of drug-likeness (QED) is 0.160. The number of guanidine groups is 2. The molecule has 0 spiro atoms. The van der Waals surface area contributed by atoms with E-state index in [1.165, 1.54) is 4.90 Å². The first-order chi connectivity index (χ1) is 18.2. The largest absolute Gasteiger partial charge is 0.369 e. The van der Waals surface area contributed by atoms with Crippen LogP contribution in [-0.2, 0) is 11.2 Å². The van der Waals surface area contributed by atoms with Crippen LogP contribution < -0.4 is 26.6 Å². The van der Waals surface area contributed by atoms with Crippen molar-refractivity contribution < 1.29 is 9.59 Å². The van der Waals surface area contributed by atoms with Gasteiger partial charge in [0.2, 0.25) is 11.9 Å². The Hall–Kier alpha value is -2.95. The highest BCUT2D eigenvalue weighted by atomic mass is 32.2. The van der Waals surface area contributed by atoms with Crippen LogP contribution in [0.15, 0.2) is 24.3 Å². The van der Waals surface area contributed by atoms with Gasteiger partial charge in [-0.1, -0.05) is 18.6 Å². The summed E-state index contributed by atoms with van der Waals surface area (Å²) in [6, 6.07) is 8.38. The maximum absolute atomic E-state index is 12.3. The van der Waals surface area contributed by atoms with Crippen molar-refractivity contribution in [3.63, 3.8) is 0 Å². The van der Waals surface area contributed by atoms with Gasteiger partial charge in [0.1, 0.15) is 0 Å². The lowest BCUT2D eigenvalue weighted by Crippen LogP contribution is -2.56. The molecule has 0 aromatic heterocycles. The minimum atomic E-state index is -0.169. The number of carbonyl (C=O) groups excluding carboxylic acids is 2. The highest BCUT2D eigenvalue weighted by molar-refractivity contribution is 8.00. The summed E-state index contributed by atoms with van der Waals surface area (Å²) in [7, 11) is 0. The fraction of sp³-hybridized carbons (Fsp3) is 0.630. The molecular formula is C27H42N8O2S. The van der Waals surface area contributed by atoms with Gasteiger partial charge in [-0.3, -0.25) is 20.5 Å². The smallest absolute Gasteiger partial charge is 0.316 e. The molecule has 0 bridgehead atoms. The number of anilines is 1. The zero-order valence-electron chi connectivity index (χ0n) is 22.5. The molecule has 3 saturated heterocycles. The van der Waals surface area contributed by atoms with E-state index in [4.69, 9.17) is 16.6 Å². The van der Waals surface area contributed by atoms with Gasteiger partial charge in [0.15, 0.2) is 5.96 Å². The first kappa shape index (κ1) is 28.1. The Morgan fingerprint density at radius 1 is 1.16 bits per heavy atom. The standard InChI is InChI=1S/C27H42N8O2S/c1-17-6-5-7-18(2)34(17)26(30)35(25(28)29)20-12-10-19(11-13-20)14-15-31-23(36)9-4-3-8-21-16-22-24(38-21)33-27(37)32-22/h10-13,17-18,21-22,24,30H,3-9,14-16H2,1-2H3,(H3,28,29)(H,31,36)(H2,32,33,37)/t17-,18+,21?,22?,24?. The number of hydrogen-bond acceptors (Lipinski definition) is 5. The lowest BCUT2D eigenvalue weighted by atomic mass is 9.98. The molecule has 38 heavy (non-hydrogen) atoms. The Morgan fingerprint density at radius 3 is 2.53 bits per heavy atom. The second-order valence-corrected chi connectivity index (χ2v) is 12.2. The Labute approximate surface area is 229 Å². The average Bonchev–Trinajstić information content (AvgIpc) is 3.39. The molecule has 0 saturated carbocycles. The van der Waals surface area contributed by atoms with Crippen LogP contribution in [0, 0.1) is 10.8 Å². The number of carbonyl (C=O) groups is 2. The number of nitrogens with two attached hydrogens (primary N) is 1. The number of nitrogens with one attached hydrogen (secondary N) is 5. The zero-order valence-corrected chi connectivity index (χ0v) is 23.3. The molecule has 3 aliphatic heterocycles. The van der Waals surface area contributed by atoms with Crippen molar-refractivity contribution in [2.45, 2.75) is 100 Å². The number of hydrogen-bond donors (Lipinski definition) is 6. The molecule has 3 aliphatic rings. The van der Waals surface area contributed by atoms with E-state index in [9.17, 15) is 9.59 Å². The van der Waals surface area contributed by atoms with Crippen molar-refractivity contribution in [1.82, 2.24) is 20.9 Å². The number of rotatable bonds is 9. The summed E-state index contributed by atoms with van der Waals surface area (Å²) in [5.41, 5.74) is 7.68. The van der Waals surface area contributed by atoms with Gasteiger partial charge in [-0.05, 0) is 76.5 Å². The van der Waals surface area contributed by atoms with E-state index in [2.05, 4.69) is 34.7 Å². The van der Waals surface area contributed by atoms with Gasteiger partial charge in [-0.25, -0.2) is 4.79 Å². The molecule has 1 aromatic carbocycles. The van der Waals surface area contributed by atoms with E-state index in [0.29, 0.717) is 30.3 Å². The number of amides is 3. The van der Waals surface area contributed by atoms with E-state index < -0.39 is 0 Å². The van der Waals surface area contributed by atoms with Gasteiger partial charge >= 0.3 is 6.03 Å². The molecule has 1 aromatic rings. The van der Waals surface area contributed by atoms with Crippen LogP contribution in [0.25, 0.3) is 0 Å². The average molecular weight is 543 g/mol. The van der Waals surface area contributed by atoms with Crippen LogP contribution in [0.3, 0.4) is 0 Å². The number of urea groups is 1. The van der Waals surface area contributed by atoms with Gasteiger partial charge in [-0.15, -0.1) is 11.8 Å². The Kier molecular flexibility index (Phi) is 9.40. The van der Waals surface area contributed by atoms with E-state index in [1.807, 2.05) is 36.0 Å². The number of benzene rings is 1. The van der Waals surface area contributed by atoms with Crippen LogP contribution in [0.2, 0.25) is 0 Å². The van der Waals surface area contributed by atoms with Crippen LogP contribution in [-0.4, -0.2) is 64.1 Å². The highest BCUT2D eigenvalue weighted by Gasteiger charge is 2.40. The minimum Gasteiger partial charge on any atom is -0.369 e. The van der Waals surface area contributed by atoms with Gasteiger partial charge < -0.3 is 26.6 Å². The number of nitrogens with zero attached hydrogens (tertiary/aromatic N) is 2. The summed E-state index contributed by atoms with van der Waals surface area (Å²) < 4.78 is 0. The summed E-state index contributed by atoms with van der Waals surface area (Å²) in [6.45, 7) is 4.82. The molecule has 0 radical (unpaired) electrons. The van der Waals surface area contributed by atoms with Crippen LogP contribution >= 0.6 is 11.8 Å². The summed E-state index contributed by atoms with van der Waals surface area (Å²) >= 11 is 1.84. The monoisotopic (exact) mass is 542 g/mol. The summed E-state index contributed by atoms with van der Waals surface area (Å²) in [6.07, 6.45) is 8.40. The summed E-state index contributed by atoms with van der Waals surface area (Å²) in [5.74, 6) is 0.153. The second-order valence-electron chi connectivity index (χ2n) is 10.7. The lowest BCUT2D eigenvalue weighted by Gasteiger charge is -2.43. The fourth-order valence-corrected chi connectivity index (χ4v) is 7.37. The molecule has 3 unspecified atom stereocenters. The van der Waals surface area contributed by atoms with E-state index in [0.717, 1.165) is 50.5 Å². The van der Waals surface area contributed by atoms with Crippen molar-refractivity contribution in [3.8, 4) is 0 Å². The molecule has 208 valence electrons. The third kappa shape index (κ3) is 6.92. The van der Waals surface area contributed by atoms with Crippen molar-refractivity contribution in [2.75, 3.05) is 11.4 Å². The number of unbranched alkanes of at least 4 members (excludes halogenated alkanes) is 1. The summed E-state index contributed by atoms with van der Waals surface area (Å²) in [5, 5.41) is 26.6. The van der Waals surface area contributed by atoms with Crippen molar-refractivity contribution in [1.29, 1.82) is 10.8 Å². The molecule has 3 heterocycles. The van der Waals surface area contributed by atoms with Gasteiger partial charge in [0.05, 0.1) is 17.1 Å². The Bertz CT molecular complexity index is 993. The minimum absolute atomic E-state index is 0.0608. The third-order valence-electron chi connectivity index (χ3n) is 7.81. The van der Waals surface area contributed by atoms with Crippen LogP contribution in [0.1, 0.15) is 70.8 Å². The molecular weight excluding hydrogens is 500 g/mol. The van der Waals surface area contributed by atoms with E-state index in [1.54, 1.807) is 0 Å². The van der Waals surface area contributed by atoms with E-state index >= 15 is 0 Å². The third-order valence-corrected chi connectivity index (χ3v) is 9.36. The van der Waals surface area contributed by atoms with Gasteiger partial charge in [0.25, 0.3) is 0 Å². The molecule has 4 rings (SSSR count). The van der Waals surface area contributed by atoms with Crippen molar-refractivity contribution in [2.24, 2.45) is 5.73 Å². The Morgan fingerprint density at radius 2 is 1.87 bits per heavy atom. The highest BCUT2D eigenvalue weighted by Crippen LogP contribution is 2.37. The predicted molar refractivity (Wildman–Crippen MR) is 154 cm³/mol. The summed E-state index contributed by atoms with van der Waals surface area (Å²) in [4.78, 5) is 27.2. The first-order valence-electron chi connectivity index (χ1n) is 13.8. The number of fused-ring (bicyclic) bond motifs is 1. The number of likely N-dealkylation sites (tertiary alicyclic amines) is 1. The SMILES string of the molecule is C[C@@H]1CCC[C@H](C)N1C(=N)N(C(=N)N)c1ccc(CCNC(=O)CCCCC2CC3NC(=O)NC3S2)cc1.